The fourth-order valence-electron chi connectivity index (χ4n) is 4.35. The lowest BCUT2D eigenvalue weighted by Crippen LogP contribution is -2.43. The lowest BCUT2D eigenvalue weighted by atomic mass is 9.95. The number of amides is 1. The topological polar surface area (TPSA) is 85.0 Å². The van der Waals surface area contributed by atoms with Gasteiger partial charge in [-0.15, -0.1) is 0 Å². The third-order valence-corrected chi connectivity index (χ3v) is 6.05. The summed E-state index contributed by atoms with van der Waals surface area (Å²) in [6.45, 7) is 3.70. The maximum atomic E-state index is 11.3. The van der Waals surface area contributed by atoms with Crippen LogP contribution in [0, 0.1) is 5.92 Å². The molecule has 2 aromatic carbocycles. The molecule has 1 atom stereocenters. The zero-order chi connectivity index (χ0) is 20.9. The van der Waals surface area contributed by atoms with Gasteiger partial charge >= 0.3 is 0 Å². The zero-order valence-electron chi connectivity index (χ0n) is 17.3. The van der Waals surface area contributed by atoms with Crippen molar-refractivity contribution in [2.45, 2.75) is 25.4 Å². The van der Waals surface area contributed by atoms with Gasteiger partial charge in [-0.05, 0) is 66.4 Å². The summed E-state index contributed by atoms with van der Waals surface area (Å²) in [6, 6.07) is 12.4. The number of primary amides is 1. The van der Waals surface area contributed by atoms with Gasteiger partial charge in [-0.3, -0.25) is 4.79 Å². The van der Waals surface area contributed by atoms with Gasteiger partial charge < -0.3 is 25.2 Å². The Morgan fingerprint density at radius 1 is 1.27 bits per heavy atom. The molecule has 1 saturated heterocycles. The van der Waals surface area contributed by atoms with Crippen LogP contribution >= 0.6 is 0 Å². The van der Waals surface area contributed by atoms with E-state index in [2.05, 4.69) is 35.2 Å². The highest BCUT2D eigenvalue weighted by Gasteiger charge is 2.24. The summed E-state index contributed by atoms with van der Waals surface area (Å²) < 4.78 is 11.5. The Bertz CT molecular complexity index is 919. The number of β-amino-alcohol motifs (C(OH)–C–C–N with tert-alkyl or cyclic N) is 1. The van der Waals surface area contributed by atoms with E-state index in [9.17, 15) is 9.90 Å². The smallest absolute Gasteiger partial charge is 0.220 e. The molecule has 6 heteroatoms. The number of ether oxygens (including phenoxy) is 2. The second-order valence-electron chi connectivity index (χ2n) is 8.19. The predicted octanol–water partition coefficient (Wildman–Crippen LogP) is 2.58. The van der Waals surface area contributed by atoms with Gasteiger partial charge in [0.1, 0.15) is 18.5 Å². The SMILES string of the molecule is NC(=O)C1CCN(CC(O)COc2cc(C3=CCOCC3)c3ccccc3c2)CC1. The van der Waals surface area contributed by atoms with Crippen LogP contribution in [0.2, 0.25) is 0 Å². The van der Waals surface area contributed by atoms with Crippen molar-refractivity contribution < 1.29 is 19.4 Å². The molecule has 1 amide bonds. The fourth-order valence-corrected chi connectivity index (χ4v) is 4.35. The van der Waals surface area contributed by atoms with Crippen molar-refractivity contribution >= 4 is 22.3 Å². The van der Waals surface area contributed by atoms with Crippen LogP contribution in [0.4, 0.5) is 0 Å². The highest BCUT2D eigenvalue weighted by atomic mass is 16.5. The van der Waals surface area contributed by atoms with E-state index < -0.39 is 6.10 Å². The van der Waals surface area contributed by atoms with Crippen molar-refractivity contribution in [3.8, 4) is 5.75 Å². The molecule has 160 valence electrons. The van der Waals surface area contributed by atoms with Crippen LogP contribution in [0.15, 0.2) is 42.5 Å². The molecule has 3 N–H and O–H groups in total. The number of piperidine rings is 1. The van der Waals surface area contributed by atoms with E-state index >= 15 is 0 Å². The van der Waals surface area contributed by atoms with Gasteiger partial charge in [0.2, 0.25) is 5.91 Å². The number of nitrogens with zero attached hydrogens (tertiary/aromatic N) is 1. The Labute approximate surface area is 177 Å². The van der Waals surface area contributed by atoms with E-state index in [-0.39, 0.29) is 18.4 Å². The van der Waals surface area contributed by atoms with Crippen LogP contribution in [-0.4, -0.2) is 61.5 Å². The minimum Gasteiger partial charge on any atom is -0.491 e. The number of nitrogens with two attached hydrogens (primary N) is 1. The number of carbonyl (C=O) groups excluding carboxylic acids is 1. The fraction of sp³-hybridized carbons (Fsp3) is 0.458. The number of aliphatic hydroxyl groups excluding tert-OH is 1. The number of hydrogen-bond acceptors (Lipinski definition) is 5. The number of hydrogen-bond donors (Lipinski definition) is 2. The molecule has 2 aliphatic heterocycles. The highest BCUT2D eigenvalue weighted by molar-refractivity contribution is 5.95. The number of rotatable bonds is 7. The molecule has 2 aromatic rings. The van der Waals surface area contributed by atoms with Crippen molar-refractivity contribution in [1.82, 2.24) is 4.90 Å². The average molecular weight is 411 g/mol. The molecular weight excluding hydrogens is 380 g/mol. The van der Waals surface area contributed by atoms with E-state index in [4.69, 9.17) is 15.2 Å². The zero-order valence-corrected chi connectivity index (χ0v) is 17.3. The van der Waals surface area contributed by atoms with Crippen LogP contribution in [0.1, 0.15) is 24.8 Å². The summed E-state index contributed by atoms with van der Waals surface area (Å²) in [4.78, 5) is 13.5. The molecule has 0 spiro atoms. The standard InChI is InChI=1S/C24H30N2O4/c25-24(28)18-5-9-26(10-6-18)15-20(27)16-30-21-13-19-3-1-2-4-22(19)23(14-21)17-7-11-29-12-8-17/h1-4,7,13-14,18,20,27H,5-6,8-12,15-16H2,(H2,25,28). The molecule has 30 heavy (non-hydrogen) atoms. The normalized spacial score (nSPS) is 19.4. The van der Waals surface area contributed by atoms with Crippen LogP contribution in [0.3, 0.4) is 0 Å². The predicted molar refractivity (Wildman–Crippen MR) is 117 cm³/mol. The minimum atomic E-state index is -0.590. The average Bonchev–Trinajstić information content (AvgIpc) is 2.78. The van der Waals surface area contributed by atoms with Crippen LogP contribution < -0.4 is 10.5 Å². The van der Waals surface area contributed by atoms with Gasteiger partial charge in [0.05, 0.1) is 13.2 Å². The van der Waals surface area contributed by atoms with E-state index in [0.717, 1.165) is 50.1 Å². The first-order chi connectivity index (χ1) is 14.6. The Morgan fingerprint density at radius 2 is 2.07 bits per heavy atom. The lowest BCUT2D eigenvalue weighted by Gasteiger charge is -2.31. The maximum Gasteiger partial charge on any atom is 0.220 e. The Kier molecular flexibility index (Phi) is 6.67. The second kappa shape index (κ2) is 9.60. The van der Waals surface area contributed by atoms with Gasteiger partial charge in [-0.1, -0.05) is 30.3 Å². The van der Waals surface area contributed by atoms with Crippen molar-refractivity contribution in [3.05, 3.63) is 48.0 Å². The molecule has 2 heterocycles. The van der Waals surface area contributed by atoms with Gasteiger partial charge in [-0.25, -0.2) is 0 Å². The maximum absolute atomic E-state index is 11.3. The minimum absolute atomic E-state index is 0.0369. The Balaban J connectivity index is 1.40. The first-order valence-corrected chi connectivity index (χ1v) is 10.7. The highest BCUT2D eigenvalue weighted by Crippen LogP contribution is 2.33. The Hall–Kier alpha value is -2.41. The number of aliphatic hydroxyl groups is 1. The molecule has 2 aliphatic rings. The molecule has 0 radical (unpaired) electrons. The summed E-state index contributed by atoms with van der Waals surface area (Å²) in [5.41, 5.74) is 7.85. The van der Waals surface area contributed by atoms with Gasteiger partial charge in [-0.2, -0.15) is 0 Å². The number of carbonyl (C=O) groups is 1. The second-order valence-corrected chi connectivity index (χ2v) is 8.19. The van der Waals surface area contributed by atoms with Gasteiger partial charge in [0.15, 0.2) is 0 Å². The van der Waals surface area contributed by atoms with Gasteiger partial charge in [0, 0.05) is 12.5 Å². The third kappa shape index (κ3) is 5.01. The summed E-state index contributed by atoms with van der Waals surface area (Å²) in [7, 11) is 0. The summed E-state index contributed by atoms with van der Waals surface area (Å²) in [5.74, 6) is 0.512. The first kappa shape index (κ1) is 20.8. The molecule has 6 nitrogen and oxygen atoms in total. The summed E-state index contributed by atoms with van der Waals surface area (Å²) in [6.07, 6.45) is 3.95. The molecule has 0 bridgehead atoms. The molecule has 0 aliphatic carbocycles. The third-order valence-electron chi connectivity index (χ3n) is 6.05. The van der Waals surface area contributed by atoms with Crippen molar-refractivity contribution in [2.24, 2.45) is 11.7 Å². The molecule has 0 saturated carbocycles. The Morgan fingerprint density at radius 3 is 2.80 bits per heavy atom. The molecule has 0 aromatic heterocycles. The van der Waals surface area contributed by atoms with Gasteiger partial charge in [0.25, 0.3) is 0 Å². The van der Waals surface area contributed by atoms with E-state index in [0.29, 0.717) is 13.2 Å². The van der Waals surface area contributed by atoms with E-state index in [1.54, 1.807) is 0 Å². The summed E-state index contributed by atoms with van der Waals surface area (Å²) in [5, 5.41) is 12.8. The largest absolute Gasteiger partial charge is 0.491 e. The van der Waals surface area contributed by atoms with Crippen LogP contribution in [-0.2, 0) is 9.53 Å². The van der Waals surface area contributed by atoms with E-state index in [1.165, 1.54) is 16.5 Å². The molecule has 4 rings (SSSR count). The monoisotopic (exact) mass is 410 g/mol. The molecular formula is C24H30N2O4. The summed E-state index contributed by atoms with van der Waals surface area (Å²) >= 11 is 0. The van der Waals surface area contributed by atoms with E-state index in [1.807, 2.05) is 12.1 Å². The number of benzene rings is 2. The number of fused-ring (bicyclic) bond motifs is 1. The molecule has 1 fully saturated rings. The van der Waals surface area contributed by atoms with Crippen LogP contribution in [0.25, 0.3) is 16.3 Å². The lowest BCUT2D eigenvalue weighted by molar-refractivity contribution is -0.123. The quantitative estimate of drug-likeness (QED) is 0.733. The van der Waals surface area contributed by atoms with Crippen molar-refractivity contribution in [1.29, 1.82) is 0 Å². The van der Waals surface area contributed by atoms with Crippen molar-refractivity contribution in [3.63, 3.8) is 0 Å². The molecule has 1 unspecified atom stereocenters. The number of likely N-dealkylation sites (tertiary alicyclic amines) is 1. The first-order valence-electron chi connectivity index (χ1n) is 10.7. The van der Waals surface area contributed by atoms with Crippen LogP contribution in [0.5, 0.6) is 5.75 Å². The van der Waals surface area contributed by atoms with Crippen molar-refractivity contribution in [2.75, 3.05) is 39.5 Å².